The molecule has 2 aromatic rings. The predicted molar refractivity (Wildman–Crippen MR) is 119 cm³/mol. The van der Waals surface area contributed by atoms with Crippen molar-refractivity contribution in [2.75, 3.05) is 13.1 Å². The van der Waals surface area contributed by atoms with Crippen LogP contribution in [0.5, 0.6) is 0 Å². The number of hydroxylamine groups is 1. The van der Waals surface area contributed by atoms with E-state index in [1.807, 2.05) is 0 Å². The lowest BCUT2D eigenvalue weighted by molar-refractivity contribution is -0.137. The largest absolute Gasteiger partial charge is 0.416 e. The van der Waals surface area contributed by atoms with E-state index in [1.54, 1.807) is 29.2 Å². The third kappa shape index (κ3) is 7.44. The van der Waals surface area contributed by atoms with E-state index in [4.69, 9.17) is 5.21 Å². The SMILES string of the molecule is Cl.O=C(C=Cc1cccc(C=CC(=O)N2CCCC(c3ccc(C(F)(F)F)cc3)C2)n1)NO. The van der Waals surface area contributed by atoms with Gasteiger partial charge in [-0.2, -0.15) is 13.2 Å². The van der Waals surface area contributed by atoms with Gasteiger partial charge in [0, 0.05) is 31.2 Å². The van der Waals surface area contributed by atoms with Crippen molar-refractivity contribution in [3.05, 3.63) is 77.1 Å². The molecule has 0 spiro atoms. The van der Waals surface area contributed by atoms with E-state index in [-0.39, 0.29) is 24.2 Å². The van der Waals surface area contributed by atoms with Gasteiger partial charge in [0.15, 0.2) is 0 Å². The molecule has 2 heterocycles. The number of nitrogens with one attached hydrogen (secondary N) is 1. The zero-order valence-corrected chi connectivity index (χ0v) is 18.3. The number of likely N-dealkylation sites (tertiary alicyclic amines) is 1. The van der Waals surface area contributed by atoms with Gasteiger partial charge in [-0.15, -0.1) is 12.4 Å². The van der Waals surface area contributed by atoms with E-state index in [1.165, 1.54) is 29.8 Å². The van der Waals surface area contributed by atoms with Gasteiger partial charge in [-0.25, -0.2) is 10.5 Å². The average Bonchev–Trinajstić information content (AvgIpc) is 2.81. The lowest BCUT2D eigenvalue weighted by atomic mass is 9.90. The first-order valence-corrected chi connectivity index (χ1v) is 9.99. The Morgan fingerprint density at radius 2 is 1.70 bits per heavy atom. The minimum Gasteiger partial charge on any atom is -0.339 e. The van der Waals surface area contributed by atoms with Gasteiger partial charge >= 0.3 is 6.18 Å². The molecule has 1 fully saturated rings. The van der Waals surface area contributed by atoms with Crippen LogP contribution in [0.3, 0.4) is 0 Å². The van der Waals surface area contributed by atoms with Gasteiger partial charge in [0.25, 0.3) is 5.91 Å². The standard InChI is InChI=1S/C23H22F3N3O3.ClH/c24-23(25,26)18-8-6-16(7-9-18)17-3-2-14-29(15-17)22(31)13-11-20-5-1-4-19(27-20)10-12-21(30)28-32;/h1,4-13,17,32H,2-3,14-15H2,(H,28,30);1H. The molecule has 1 aromatic heterocycles. The van der Waals surface area contributed by atoms with E-state index in [0.29, 0.717) is 24.5 Å². The fourth-order valence-corrected chi connectivity index (χ4v) is 3.51. The number of nitrogens with zero attached hydrogens (tertiary/aromatic N) is 2. The highest BCUT2D eigenvalue weighted by molar-refractivity contribution is 5.92. The van der Waals surface area contributed by atoms with E-state index in [0.717, 1.165) is 36.6 Å². The number of benzene rings is 1. The molecule has 0 bridgehead atoms. The Hall–Kier alpha value is -3.17. The van der Waals surface area contributed by atoms with Crippen LogP contribution in [0.2, 0.25) is 0 Å². The minimum absolute atomic E-state index is 0. The Bertz CT molecular complexity index is 1020. The number of hydrogen-bond acceptors (Lipinski definition) is 4. The van der Waals surface area contributed by atoms with Crippen molar-refractivity contribution >= 4 is 36.4 Å². The van der Waals surface area contributed by atoms with Gasteiger partial charge < -0.3 is 4.90 Å². The molecule has 0 aliphatic carbocycles. The first-order valence-electron chi connectivity index (χ1n) is 9.99. The highest BCUT2D eigenvalue weighted by Crippen LogP contribution is 2.32. The second kappa shape index (κ2) is 11.6. The smallest absolute Gasteiger partial charge is 0.339 e. The molecule has 6 nitrogen and oxygen atoms in total. The van der Waals surface area contributed by atoms with Gasteiger partial charge in [-0.05, 0) is 54.8 Å². The van der Waals surface area contributed by atoms with Crippen molar-refractivity contribution in [1.29, 1.82) is 0 Å². The van der Waals surface area contributed by atoms with Crippen molar-refractivity contribution in [1.82, 2.24) is 15.4 Å². The third-order valence-corrected chi connectivity index (χ3v) is 5.15. The van der Waals surface area contributed by atoms with Gasteiger partial charge in [0.1, 0.15) is 0 Å². The quantitative estimate of drug-likeness (QED) is 0.375. The van der Waals surface area contributed by atoms with Crippen molar-refractivity contribution in [2.45, 2.75) is 24.9 Å². The molecule has 10 heteroatoms. The van der Waals surface area contributed by atoms with Crippen molar-refractivity contribution in [3.63, 3.8) is 0 Å². The van der Waals surface area contributed by atoms with Crippen LogP contribution in [0.4, 0.5) is 13.2 Å². The summed E-state index contributed by atoms with van der Waals surface area (Å²) < 4.78 is 38.3. The summed E-state index contributed by atoms with van der Waals surface area (Å²) in [5.41, 5.74) is 2.57. The second-order valence-corrected chi connectivity index (χ2v) is 7.37. The molecular weight excluding hydrogens is 459 g/mol. The summed E-state index contributed by atoms with van der Waals surface area (Å²) in [6.45, 7) is 1.01. The van der Waals surface area contributed by atoms with Crippen LogP contribution < -0.4 is 5.48 Å². The van der Waals surface area contributed by atoms with E-state index >= 15 is 0 Å². The zero-order valence-electron chi connectivity index (χ0n) is 17.5. The van der Waals surface area contributed by atoms with E-state index in [9.17, 15) is 22.8 Å². The number of pyridine rings is 1. The van der Waals surface area contributed by atoms with Crippen LogP contribution in [0, 0.1) is 0 Å². The summed E-state index contributed by atoms with van der Waals surface area (Å²) in [5, 5.41) is 8.50. The molecule has 1 aliphatic rings. The number of aromatic nitrogens is 1. The Morgan fingerprint density at radius 1 is 1.06 bits per heavy atom. The van der Waals surface area contributed by atoms with Crippen molar-refractivity contribution < 1.29 is 28.0 Å². The highest BCUT2D eigenvalue weighted by atomic mass is 35.5. The van der Waals surface area contributed by atoms with Gasteiger partial charge in [-0.3, -0.25) is 14.8 Å². The maximum Gasteiger partial charge on any atom is 0.416 e. The number of rotatable bonds is 5. The highest BCUT2D eigenvalue weighted by Gasteiger charge is 2.31. The fraction of sp³-hybridized carbons (Fsp3) is 0.261. The normalized spacial score (nSPS) is 16.6. The zero-order chi connectivity index (χ0) is 23.1. The Kier molecular flexibility index (Phi) is 9.19. The van der Waals surface area contributed by atoms with Gasteiger partial charge in [-0.1, -0.05) is 18.2 Å². The van der Waals surface area contributed by atoms with Crippen LogP contribution in [-0.2, 0) is 15.8 Å². The Balaban J connectivity index is 0.00000385. The molecule has 1 aromatic carbocycles. The molecular formula is C23H23ClF3N3O3. The Labute approximate surface area is 195 Å². The monoisotopic (exact) mass is 481 g/mol. The summed E-state index contributed by atoms with van der Waals surface area (Å²) >= 11 is 0. The molecule has 2 amide bonds. The lowest BCUT2D eigenvalue weighted by Gasteiger charge is -2.32. The predicted octanol–water partition coefficient (Wildman–Crippen LogP) is 4.46. The number of amides is 2. The minimum atomic E-state index is -4.37. The van der Waals surface area contributed by atoms with Gasteiger partial charge in [0.2, 0.25) is 5.91 Å². The van der Waals surface area contributed by atoms with Crippen LogP contribution in [0.15, 0.2) is 54.6 Å². The Morgan fingerprint density at radius 3 is 2.30 bits per heavy atom. The lowest BCUT2D eigenvalue weighted by Crippen LogP contribution is -2.38. The fourth-order valence-electron chi connectivity index (χ4n) is 3.51. The number of hydrogen-bond donors (Lipinski definition) is 2. The van der Waals surface area contributed by atoms with Crippen molar-refractivity contribution in [2.24, 2.45) is 0 Å². The molecule has 33 heavy (non-hydrogen) atoms. The molecule has 0 saturated carbocycles. The van der Waals surface area contributed by atoms with Crippen LogP contribution >= 0.6 is 12.4 Å². The van der Waals surface area contributed by atoms with Crippen LogP contribution in [0.25, 0.3) is 12.2 Å². The molecule has 2 N–H and O–H groups in total. The average molecular weight is 482 g/mol. The number of alkyl halides is 3. The summed E-state index contributed by atoms with van der Waals surface area (Å²) in [6.07, 6.45) is 2.70. The maximum absolute atomic E-state index is 12.8. The number of carbonyl (C=O) groups excluding carboxylic acids is 2. The molecule has 3 rings (SSSR count). The van der Waals surface area contributed by atoms with E-state index < -0.39 is 17.6 Å². The van der Waals surface area contributed by atoms with Crippen LogP contribution in [0.1, 0.15) is 41.3 Å². The summed E-state index contributed by atoms with van der Waals surface area (Å²) in [6, 6.07) is 10.2. The maximum atomic E-state index is 12.8. The van der Waals surface area contributed by atoms with Crippen molar-refractivity contribution in [3.8, 4) is 0 Å². The molecule has 176 valence electrons. The molecule has 0 radical (unpaired) electrons. The van der Waals surface area contributed by atoms with E-state index in [2.05, 4.69) is 4.98 Å². The molecule has 1 saturated heterocycles. The summed E-state index contributed by atoms with van der Waals surface area (Å²) in [7, 11) is 0. The first-order chi connectivity index (χ1) is 15.3. The van der Waals surface area contributed by atoms with Gasteiger partial charge in [0.05, 0.1) is 17.0 Å². The first kappa shape index (κ1) is 26.1. The number of halogens is 4. The number of carbonyl (C=O) groups is 2. The summed E-state index contributed by atoms with van der Waals surface area (Å²) in [5.74, 6) is -0.910. The topological polar surface area (TPSA) is 82.5 Å². The van der Waals surface area contributed by atoms with Crippen LogP contribution in [-0.4, -0.2) is 40.0 Å². The number of piperidine rings is 1. The molecule has 1 unspecified atom stereocenters. The third-order valence-electron chi connectivity index (χ3n) is 5.15. The summed E-state index contributed by atoms with van der Waals surface area (Å²) in [4.78, 5) is 29.7. The second-order valence-electron chi connectivity index (χ2n) is 7.37. The molecule has 1 aliphatic heterocycles. The molecule has 1 atom stereocenters.